The van der Waals surface area contributed by atoms with Gasteiger partial charge in [0.05, 0.1) is 12.8 Å². The van der Waals surface area contributed by atoms with Gasteiger partial charge in [0.2, 0.25) is 5.24 Å². The Balaban J connectivity index is 2.50. The van der Waals surface area contributed by atoms with E-state index in [-0.39, 0.29) is 12.0 Å². The Bertz CT molecular complexity index is 725. The molecule has 0 bridgehead atoms. The molecule has 110 valence electrons. The van der Waals surface area contributed by atoms with Crippen molar-refractivity contribution in [3.05, 3.63) is 46.2 Å². The monoisotopic (exact) mass is 306 g/mol. The van der Waals surface area contributed by atoms with Crippen molar-refractivity contribution in [1.82, 2.24) is 9.78 Å². The summed E-state index contributed by atoms with van der Waals surface area (Å²) >= 11 is 5.34. The molecule has 0 aliphatic rings. The van der Waals surface area contributed by atoms with Crippen LogP contribution in [0.1, 0.15) is 12.0 Å². The Morgan fingerprint density at radius 2 is 2.10 bits per heavy atom. The number of rotatable bonds is 5. The third-order valence-electron chi connectivity index (χ3n) is 3.11. The van der Waals surface area contributed by atoms with E-state index in [2.05, 4.69) is 5.10 Å². The zero-order valence-corrected chi connectivity index (χ0v) is 12.6. The second-order valence-electron chi connectivity index (χ2n) is 4.54. The number of carbonyl (C=O) groups excluding carboxylic acids is 1. The highest BCUT2D eigenvalue weighted by molar-refractivity contribution is 6.63. The maximum Gasteiger partial charge on any atom is 0.269 e. The fourth-order valence-corrected chi connectivity index (χ4v) is 2.16. The van der Waals surface area contributed by atoms with Crippen molar-refractivity contribution in [3.63, 3.8) is 0 Å². The van der Waals surface area contributed by atoms with Gasteiger partial charge in [-0.05, 0) is 36.2 Å². The Kier molecular flexibility index (Phi) is 4.75. The first kappa shape index (κ1) is 15.3. The van der Waals surface area contributed by atoms with E-state index in [1.165, 1.54) is 4.68 Å². The van der Waals surface area contributed by atoms with Crippen LogP contribution in [0.5, 0.6) is 5.75 Å². The summed E-state index contributed by atoms with van der Waals surface area (Å²) in [5.74, 6) is 0.669. The van der Waals surface area contributed by atoms with Gasteiger partial charge in [-0.1, -0.05) is 12.1 Å². The lowest BCUT2D eigenvalue weighted by atomic mass is 10.1. The molecule has 1 aromatic carbocycles. The van der Waals surface area contributed by atoms with E-state index in [0.29, 0.717) is 23.4 Å². The average Bonchev–Trinajstić information content (AvgIpc) is 2.48. The second-order valence-corrected chi connectivity index (χ2v) is 4.96. The van der Waals surface area contributed by atoms with Gasteiger partial charge in [0, 0.05) is 24.6 Å². The summed E-state index contributed by atoms with van der Waals surface area (Å²) in [6.07, 6.45) is 0.409. The van der Waals surface area contributed by atoms with E-state index >= 15 is 0 Å². The van der Waals surface area contributed by atoms with Crippen molar-refractivity contribution >= 4 is 16.8 Å². The van der Waals surface area contributed by atoms with E-state index in [1.807, 2.05) is 24.3 Å². The van der Waals surface area contributed by atoms with Crippen molar-refractivity contribution in [2.75, 3.05) is 7.11 Å². The third kappa shape index (κ3) is 3.49. The summed E-state index contributed by atoms with van der Waals surface area (Å²) in [7, 11) is 3.15. The summed E-state index contributed by atoms with van der Waals surface area (Å²) in [5, 5.41) is 3.78. The second kappa shape index (κ2) is 6.54. The number of aryl methyl sites for hydroxylation is 2. The molecule has 6 heteroatoms. The molecule has 5 nitrogen and oxygen atoms in total. The molecule has 0 aliphatic heterocycles. The number of benzene rings is 1. The number of aromatic nitrogens is 2. The first-order valence-electron chi connectivity index (χ1n) is 6.42. The van der Waals surface area contributed by atoms with E-state index < -0.39 is 5.24 Å². The predicted molar refractivity (Wildman–Crippen MR) is 80.6 cm³/mol. The summed E-state index contributed by atoms with van der Waals surface area (Å²) in [5.41, 5.74) is 1.68. The number of para-hydroxylation sites is 1. The first-order chi connectivity index (χ1) is 10.0. The van der Waals surface area contributed by atoms with Gasteiger partial charge in [-0.25, -0.2) is 4.68 Å². The molecule has 1 aromatic heterocycles. The molecule has 0 aliphatic carbocycles. The fraction of sp³-hybridized carbons (Fsp3) is 0.267. The first-order valence-corrected chi connectivity index (χ1v) is 6.79. The standard InChI is InChI=1S/C15H15ClN2O3/c1-18-15(20)10(7-8-14(16)19)9-12(17-18)11-5-3-4-6-13(11)21-2/h3-6,9H,7-8H2,1-2H3. The lowest BCUT2D eigenvalue weighted by Crippen LogP contribution is -2.24. The SMILES string of the molecule is COc1ccccc1-c1cc(CCC(=O)Cl)c(=O)n(C)n1. The molecule has 0 saturated heterocycles. The molecular weight excluding hydrogens is 292 g/mol. The van der Waals surface area contributed by atoms with Gasteiger partial charge in [-0.3, -0.25) is 9.59 Å². The van der Waals surface area contributed by atoms with Crippen LogP contribution in [-0.4, -0.2) is 22.1 Å². The maximum absolute atomic E-state index is 12.0. The largest absolute Gasteiger partial charge is 0.496 e. The van der Waals surface area contributed by atoms with Crippen LogP contribution in [-0.2, 0) is 18.3 Å². The highest BCUT2D eigenvalue weighted by Gasteiger charge is 2.12. The lowest BCUT2D eigenvalue weighted by molar-refractivity contribution is -0.111. The molecule has 2 aromatic rings. The van der Waals surface area contributed by atoms with Crippen LogP contribution in [0.3, 0.4) is 0 Å². The van der Waals surface area contributed by atoms with Crippen LogP contribution in [0, 0.1) is 0 Å². The summed E-state index contributed by atoms with van der Waals surface area (Å²) < 4.78 is 6.57. The Morgan fingerprint density at radius 1 is 1.38 bits per heavy atom. The minimum atomic E-state index is -0.465. The van der Waals surface area contributed by atoms with Crippen LogP contribution < -0.4 is 10.3 Å². The van der Waals surface area contributed by atoms with Crippen LogP contribution in [0.25, 0.3) is 11.3 Å². The predicted octanol–water partition coefficient (Wildman–Crippen LogP) is 2.15. The molecule has 0 amide bonds. The Morgan fingerprint density at radius 3 is 2.76 bits per heavy atom. The summed E-state index contributed by atoms with van der Waals surface area (Å²) in [6, 6.07) is 9.09. The average molecular weight is 307 g/mol. The van der Waals surface area contributed by atoms with Crippen molar-refractivity contribution < 1.29 is 9.53 Å². The molecule has 0 spiro atoms. The zero-order valence-electron chi connectivity index (χ0n) is 11.8. The molecule has 0 fully saturated rings. The number of hydrogen-bond donors (Lipinski definition) is 0. The van der Waals surface area contributed by atoms with Gasteiger partial charge < -0.3 is 4.74 Å². The number of nitrogens with zero attached hydrogens (tertiary/aromatic N) is 2. The summed E-state index contributed by atoms with van der Waals surface area (Å²) in [6.45, 7) is 0. The van der Waals surface area contributed by atoms with Crippen molar-refractivity contribution in [1.29, 1.82) is 0 Å². The zero-order chi connectivity index (χ0) is 15.4. The number of carbonyl (C=O) groups is 1. The van der Waals surface area contributed by atoms with Crippen LogP contribution in [0.15, 0.2) is 35.1 Å². The molecule has 0 saturated carbocycles. The van der Waals surface area contributed by atoms with Gasteiger partial charge in [0.15, 0.2) is 0 Å². The molecule has 0 N–H and O–H groups in total. The minimum absolute atomic E-state index is 0.117. The highest BCUT2D eigenvalue weighted by Crippen LogP contribution is 2.27. The van der Waals surface area contributed by atoms with Gasteiger partial charge in [0.1, 0.15) is 5.75 Å². The lowest BCUT2D eigenvalue weighted by Gasteiger charge is -2.10. The fourth-order valence-electron chi connectivity index (χ4n) is 2.07. The topological polar surface area (TPSA) is 61.2 Å². The normalized spacial score (nSPS) is 10.4. The van der Waals surface area contributed by atoms with E-state index in [4.69, 9.17) is 16.3 Å². The Labute approximate surface area is 127 Å². The molecule has 0 radical (unpaired) electrons. The molecule has 0 unspecified atom stereocenters. The molecule has 1 heterocycles. The van der Waals surface area contributed by atoms with Crippen molar-refractivity contribution in [3.8, 4) is 17.0 Å². The van der Waals surface area contributed by atoms with Gasteiger partial charge in [-0.2, -0.15) is 5.10 Å². The van der Waals surface area contributed by atoms with Crippen LogP contribution in [0.4, 0.5) is 0 Å². The number of methoxy groups -OCH3 is 1. The highest BCUT2D eigenvalue weighted by atomic mass is 35.5. The van der Waals surface area contributed by atoms with E-state index in [0.717, 1.165) is 5.56 Å². The third-order valence-corrected chi connectivity index (χ3v) is 3.30. The van der Waals surface area contributed by atoms with Gasteiger partial charge in [-0.15, -0.1) is 0 Å². The molecule has 2 rings (SSSR count). The van der Waals surface area contributed by atoms with E-state index in [9.17, 15) is 9.59 Å². The van der Waals surface area contributed by atoms with Gasteiger partial charge in [0.25, 0.3) is 5.56 Å². The van der Waals surface area contributed by atoms with Crippen LogP contribution >= 0.6 is 11.6 Å². The number of ether oxygens (including phenoxy) is 1. The summed E-state index contributed by atoms with van der Waals surface area (Å²) in [4.78, 5) is 22.9. The van der Waals surface area contributed by atoms with E-state index in [1.54, 1.807) is 20.2 Å². The maximum atomic E-state index is 12.0. The molecule has 21 heavy (non-hydrogen) atoms. The molecular formula is C15H15ClN2O3. The van der Waals surface area contributed by atoms with Gasteiger partial charge >= 0.3 is 0 Å². The quantitative estimate of drug-likeness (QED) is 0.794. The smallest absolute Gasteiger partial charge is 0.269 e. The Hall–Kier alpha value is -2.14. The number of halogens is 1. The van der Waals surface area contributed by atoms with Crippen molar-refractivity contribution in [2.24, 2.45) is 7.05 Å². The number of hydrogen-bond acceptors (Lipinski definition) is 4. The van der Waals surface area contributed by atoms with Crippen molar-refractivity contribution in [2.45, 2.75) is 12.8 Å². The minimum Gasteiger partial charge on any atom is -0.496 e. The van der Waals surface area contributed by atoms with Crippen LogP contribution in [0.2, 0.25) is 0 Å². The molecule has 0 atom stereocenters.